The van der Waals surface area contributed by atoms with Gasteiger partial charge in [0.15, 0.2) is 16.8 Å². The van der Waals surface area contributed by atoms with Gasteiger partial charge in [0, 0.05) is 41.3 Å². The number of carbonyl (C=O) groups is 1. The SMILES string of the molecule is C=CCn1c(SCC(=O)c2cn(CCC#N)c3ccccc23)nnc1-c1ccc(OC)cc1. The number of nitrogens with zero attached hydrogens (tertiary/aromatic N) is 5. The van der Waals surface area contributed by atoms with Crippen LogP contribution in [0.5, 0.6) is 5.75 Å². The third-order valence-electron chi connectivity index (χ3n) is 5.26. The van der Waals surface area contributed by atoms with Gasteiger partial charge in [0.05, 0.1) is 25.4 Å². The predicted molar refractivity (Wildman–Crippen MR) is 129 cm³/mol. The van der Waals surface area contributed by atoms with Crippen LogP contribution >= 0.6 is 11.8 Å². The Morgan fingerprint density at radius 3 is 2.73 bits per heavy atom. The molecule has 0 saturated heterocycles. The summed E-state index contributed by atoms with van der Waals surface area (Å²) in [5.41, 5.74) is 2.52. The lowest BCUT2D eigenvalue weighted by Gasteiger charge is -2.08. The van der Waals surface area contributed by atoms with Gasteiger partial charge in [-0.15, -0.1) is 16.8 Å². The fourth-order valence-corrected chi connectivity index (χ4v) is 4.51. The number of aromatic nitrogens is 4. The smallest absolute Gasteiger partial charge is 0.192 e. The first kappa shape index (κ1) is 22.4. The monoisotopic (exact) mass is 457 g/mol. The number of ketones is 1. The van der Waals surface area contributed by atoms with Crippen LogP contribution in [0.15, 0.2) is 72.5 Å². The van der Waals surface area contributed by atoms with Gasteiger partial charge in [0.2, 0.25) is 0 Å². The van der Waals surface area contributed by atoms with Crippen molar-refractivity contribution in [2.75, 3.05) is 12.9 Å². The zero-order valence-corrected chi connectivity index (χ0v) is 19.1. The predicted octanol–water partition coefficient (Wildman–Crippen LogP) is 4.98. The van der Waals surface area contributed by atoms with Crippen LogP contribution in [0.2, 0.25) is 0 Å². The van der Waals surface area contributed by atoms with E-state index in [1.165, 1.54) is 11.8 Å². The van der Waals surface area contributed by atoms with Crippen LogP contribution in [-0.2, 0) is 13.1 Å². The molecule has 4 rings (SSSR count). The minimum Gasteiger partial charge on any atom is -0.497 e. The van der Waals surface area contributed by atoms with Gasteiger partial charge in [-0.1, -0.05) is 36.0 Å². The summed E-state index contributed by atoms with van der Waals surface area (Å²) in [5.74, 6) is 1.71. The number of hydrogen-bond acceptors (Lipinski definition) is 6. The number of rotatable bonds is 10. The molecule has 0 atom stereocenters. The second-order valence-electron chi connectivity index (χ2n) is 7.31. The Hall–Kier alpha value is -3.83. The van der Waals surface area contributed by atoms with E-state index in [-0.39, 0.29) is 11.5 Å². The van der Waals surface area contributed by atoms with Gasteiger partial charge in [-0.05, 0) is 30.3 Å². The first-order valence-electron chi connectivity index (χ1n) is 10.5. The fourth-order valence-electron chi connectivity index (χ4n) is 3.68. The summed E-state index contributed by atoms with van der Waals surface area (Å²) >= 11 is 1.35. The zero-order chi connectivity index (χ0) is 23.2. The molecule has 166 valence electrons. The molecule has 2 aromatic heterocycles. The number of methoxy groups -OCH3 is 1. The maximum atomic E-state index is 13.1. The number of aryl methyl sites for hydroxylation is 1. The third-order valence-corrected chi connectivity index (χ3v) is 6.23. The highest BCUT2D eigenvalue weighted by molar-refractivity contribution is 7.99. The Morgan fingerprint density at radius 1 is 1.21 bits per heavy atom. The Kier molecular flexibility index (Phi) is 6.91. The highest BCUT2D eigenvalue weighted by Crippen LogP contribution is 2.28. The van der Waals surface area contributed by atoms with Gasteiger partial charge < -0.3 is 9.30 Å². The second-order valence-corrected chi connectivity index (χ2v) is 8.25. The summed E-state index contributed by atoms with van der Waals surface area (Å²) < 4.78 is 9.15. The summed E-state index contributed by atoms with van der Waals surface area (Å²) in [4.78, 5) is 13.1. The third kappa shape index (κ3) is 4.69. The fraction of sp³-hybridized carbons (Fsp3) is 0.200. The standard InChI is InChI=1S/C25H23N5O2S/c1-3-14-30-24(18-9-11-19(32-2)12-10-18)27-28-25(30)33-17-23(31)21-16-29(15-6-13-26)22-8-5-4-7-20(21)22/h3-5,7-12,16H,1,6,14-15,17H2,2H3. The van der Waals surface area contributed by atoms with Gasteiger partial charge >= 0.3 is 0 Å². The minimum atomic E-state index is 0.00561. The number of nitriles is 1. The van der Waals surface area contributed by atoms with Crippen molar-refractivity contribution in [3.05, 3.63) is 72.9 Å². The van der Waals surface area contributed by atoms with Gasteiger partial charge in [-0.2, -0.15) is 5.26 Å². The van der Waals surface area contributed by atoms with Gasteiger partial charge in [-0.25, -0.2) is 0 Å². The summed E-state index contributed by atoms with van der Waals surface area (Å²) in [7, 11) is 1.63. The van der Waals surface area contributed by atoms with E-state index in [0.29, 0.717) is 36.1 Å². The first-order chi connectivity index (χ1) is 16.2. The molecule has 2 aromatic carbocycles. The molecule has 4 aromatic rings. The molecular formula is C25H23N5O2S. The van der Waals surface area contributed by atoms with E-state index in [2.05, 4.69) is 22.8 Å². The molecule has 0 unspecified atom stereocenters. The van der Waals surface area contributed by atoms with Crippen molar-refractivity contribution in [1.29, 1.82) is 5.26 Å². The van der Waals surface area contributed by atoms with E-state index in [4.69, 9.17) is 10.00 Å². The van der Waals surface area contributed by atoms with Crippen LogP contribution in [0, 0.1) is 11.3 Å². The number of allylic oxidation sites excluding steroid dienone is 1. The molecular weight excluding hydrogens is 434 g/mol. The lowest BCUT2D eigenvalue weighted by Crippen LogP contribution is -2.05. The molecule has 0 amide bonds. The molecule has 0 fully saturated rings. The number of thioether (sulfide) groups is 1. The maximum absolute atomic E-state index is 13.1. The number of Topliss-reactive ketones (excluding diaryl/α,β-unsaturated/α-hetero) is 1. The highest BCUT2D eigenvalue weighted by Gasteiger charge is 2.18. The van der Waals surface area contributed by atoms with Crippen LogP contribution in [0.1, 0.15) is 16.8 Å². The average Bonchev–Trinajstić information content (AvgIpc) is 3.43. The van der Waals surface area contributed by atoms with Crippen LogP contribution < -0.4 is 4.74 Å². The summed E-state index contributed by atoms with van der Waals surface area (Å²) in [6, 6.07) is 17.5. The number of hydrogen-bond donors (Lipinski definition) is 0. The van der Waals surface area contributed by atoms with Crippen molar-refractivity contribution in [3.63, 3.8) is 0 Å². The van der Waals surface area contributed by atoms with E-state index >= 15 is 0 Å². The minimum absolute atomic E-state index is 0.00561. The maximum Gasteiger partial charge on any atom is 0.192 e. The van der Waals surface area contributed by atoms with Crippen molar-refractivity contribution in [2.24, 2.45) is 0 Å². The van der Waals surface area contributed by atoms with E-state index in [9.17, 15) is 4.79 Å². The largest absolute Gasteiger partial charge is 0.497 e. The van der Waals surface area contributed by atoms with Crippen molar-refractivity contribution >= 4 is 28.4 Å². The molecule has 0 aliphatic rings. The van der Waals surface area contributed by atoms with E-state index < -0.39 is 0 Å². The molecule has 0 saturated carbocycles. The molecule has 0 aliphatic heterocycles. The Bertz CT molecular complexity index is 1330. The lowest BCUT2D eigenvalue weighted by molar-refractivity contribution is 0.102. The van der Waals surface area contributed by atoms with Gasteiger partial charge in [0.25, 0.3) is 0 Å². The normalized spacial score (nSPS) is 10.8. The van der Waals surface area contributed by atoms with E-state index in [1.54, 1.807) is 13.2 Å². The molecule has 8 heteroatoms. The average molecular weight is 458 g/mol. The van der Waals surface area contributed by atoms with Crippen molar-refractivity contribution < 1.29 is 9.53 Å². The lowest BCUT2D eigenvalue weighted by atomic mass is 10.1. The molecule has 33 heavy (non-hydrogen) atoms. The number of para-hydroxylation sites is 1. The number of benzene rings is 2. The molecule has 0 spiro atoms. The Labute approximate surface area is 196 Å². The number of fused-ring (bicyclic) bond motifs is 1. The molecule has 2 heterocycles. The van der Waals surface area contributed by atoms with Gasteiger partial charge in [0.1, 0.15) is 5.75 Å². The molecule has 0 N–H and O–H groups in total. The number of carbonyl (C=O) groups excluding carboxylic acids is 1. The molecule has 0 bridgehead atoms. The quantitative estimate of drug-likeness (QED) is 0.190. The number of ether oxygens (including phenoxy) is 1. The summed E-state index contributed by atoms with van der Waals surface area (Å²) in [5, 5.41) is 19.2. The van der Waals surface area contributed by atoms with E-state index in [1.807, 2.05) is 63.9 Å². The second kappa shape index (κ2) is 10.2. The molecule has 0 aliphatic carbocycles. The highest BCUT2D eigenvalue weighted by atomic mass is 32.2. The van der Waals surface area contributed by atoms with Crippen molar-refractivity contribution in [2.45, 2.75) is 24.7 Å². The van der Waals surface area contributed by atoms with Crippen LogP contribution in [0.4, 0.5) is 0 Å². The topological polar surface area (TPSA) is 85.7 Å². The Morgan fingerprint density at radius 2 is 2.00 bits per heavy atom. The van der Waals surface area contributed by atoms with Crippen LogP contribution in [0.3, 0.4) is 0 Å². The van der Waals surface area contributed by atoms with Gasteiger partial charge in [-0.3, -0.25) is 9.36 Å². The summed E-state index contributed by atoms with van der Waals surface area (Å²) in [6.07, 6.45) is 4.02. The zero-order valence-electron chi connectivity index (χ0n) is 18.3. The molecule has 7 nitrogen and oxygen atoms in total. The van der Waals surface area contributed by atoms with Crippen LogP contribution in [0.25, 0.3) is 22.3 Å². The van der Waals surface area contributed by atoms with E-state index in [0.717, 1.165) is 22.2 Å². The van der Waals surface area contributed by atoms with Crippen molar-refractivity contribution in [1.82, 2.24) is 19.3 Å². The summed E-state index contributed by atoms with van der Waals surface area (Å²) in [6.45, 7) is 4.92. The van der Waals surface area contributed by atoms with Crippen molar-refractivity contribution in [3.8, 4) is 23.2 Å². The first-order valence-corrected chi connectivity index (χ1v) is 11.4. The van der Waals surface area contributed by atoms with Crippen LogP contribution in [-0.4, -0.2) is 38.0 Å². The Balaban J connectivity index is 1.57. The molecule has 0 radical (unpaired) electrons.